The molecule has 2 aromatic carbocycles. The van der Waals surface area contributed by atoms with Crippen molar-refractivity contribution in [2.45, 2.75) is 38.9 Å². The molecule has 0 aromatic heterocycles. The quantitative estimate of drug-likeness (QED) is 0.914. The fourth-order valence-electron chi connectivity index (χ4n) is 3.10. The normalized spacial score (nSPS) is 18.4. The zero-order valence-electron chi connectivity index (χ0n) is 13.1. The van der Waals surface area contributed by atoms with E-state index >= 15 is 0 Å². The Hall–Kier alpha value is -2.13. The maximum Gasteiger partial charge on any atom is 0.237 e. The first-order valence-corrected chi connectivity index (χ1v) is 7.81. The van der Waals surface area contributed by atoms with Gasteiger partial charge in [-0.2, -0.15) is 0 Å². The van der Waals surface area contributed by atoms with Crippen molar-refractivity contribution < 1.29 is 4.79 Å². The Labute approximate surface area is 131 Å². The van der Waals surface area contributed by atoms with Gasteiger partial charge < -0.3 is 10.6 Å². The zero-order chi connectivity index (χ0) is 15.5. The van der Waals surface area contributed by atoms with E-state index < -0.39 is 0 Å². The first kappa shape index (κ1) is 14.8. The summed E-state index contributed by atoms with van der Waals surface area (Å²) >= 11 is 0. The molecule has 0 saturated heterocycles. The first-order chi connectivity index (χ1) is 10.6. The van der Waals surface area contributed by atoms with Gasteiger partial charge in [0, 0.05) is 6.54 Å². The molecule has 0 bridgehead atoms. The molecule has 22 heavy (non-hydrogen) atoms. The van der Waals surface area contributed by atoms with E-state index in [2.05, 4.69) is 41.8 Å². The van der Waals surface area contributed by atoms with Gasteiger partial charge in [-0.1, -0.05) is 48.5 Å². The summed E-state index contributed by atoms with van der Waals surface area (Å²) in [7, 11) is 0. The van der Waals surface area contributed by atoms with Crippen molar-refractivity contribution in [1.82, 2.24) is 10.6 Å². The van der Waals surface area contributed by atoms with E-state index in [1.807, 2.05) is 31.2 Å². The highest BCUT2D eigenvalue weighted by atomic mass is 16.2. The van der Waals surface area contributed by atoms with Crippen LogP contribution in [0.4, 0.5) is 0 Å². The molecule has 2 aromatic rings. The SMILES string of the molecule is Cc1ccccc1C(C)NC(=O)C1Cc2ccccc2CN1. The van der Waals surface area contributed by atoms with Gasteiger partial charge in [0.05, 0.1) is 12.1 Å². The number of carbonyl (C=O) groups excluding carboxylic acids is 1. The topological polar surface area (TPSA) is 41.1 Å². The fraction of sp³-hybridized carbons (Fsp3) is 0.316. The molecule has 2 N–H and O–H groups in total. The van der Waals surface area contributed by atoms with Crippen LogP contribution >= 0.6 is 0 Å². The molecule has 1 heterocycles. The minimum Gasteiger partial charge on any atom is -0.348 e. The molecular weight excluding hydrogens is 272 g/mol. The molecule has 0 aliphatic carbocycles. The minimum absolute atomic E-state index is 0.0210. The molecule has 114 valence electrons. The van der Waals surface area contributed by atoms with Gasteiger partial charge in [0.25, 0.3) is 0 Å². The Morgan fingerprint density at radius 3 is 2.59 bits per heavy atom. The maximum atomic E-state index is 12.5. The number of rotatable bonds is 3. The number of benzene rings is 2. The Morgan fingerprint density at radius 2 is 1.82 bits per heavy atom. The van der Waals surface area contributed by atoms with Gasteiger partial charge in [0.1, 0.15) is 0 Å². The number of fused-ring (bicyclic) bond motifs is 1. The van der Waals surface area contributed by atoms with Crippen LogP contribution in [0.2, 0.25) is 0 Å². The minimum atomic E-state index is -0.152. The molecule has 3 rings (SSSR count). The summed E-state index contributed by atoms with van der Waals surface area (Å²) in [6.07, 6.45) is 0.752. The van der Waals surface area contributed by atoms with E-state index in [4.69, 9.17) is 0 Å². The molecule has 0 radical (unpaired) electrons. The van der Waals surface area contributed by atoms with Crippen molar-refractivity contribution in [3.05, 3.63) is 70.8 Å². The second-order valence-corrected chi connectivity index (χ2v) is 5.99. The highest BCUT2D eigenvalue weighted by Crippen LogP contribution is 2.19. The zero-order valence-corrected chi connectivity index (χ0v) is 13.1. The van der Waals surface area contributed by atoms with Crippen molar-refractivity contribution in [3.8, 4) is 0 Å². The molecule has 3 heteroatoms. The lowest BCUT2D eigenvalue weighted by Crippen LogP contribution is -2.48. The van der Waals surface area contributed by atoms with E-state index in [0.29, 0.717) is 0 Å². The van der Waals surface area contributed by atoms with Gasteiger partial charge in [0.15, 0.2) is 0 Å². The van der Waals surface area contributed by atoms with Crippen molar-refractivity contribution in [3.63, 3.8) is 0 Å². The standard InChI is InChI=1S/C19H22N2O/c1-13-7-3-6-10-17(13)14(2)21-19(22)18-11-15-8-4-5-9-16(15)12-20-18/h3-10,14,18,20H,11-12H2,1-2H3,(H,21,22). The van der Waals surface area contributed by atoms with E-state index in [1.165, 1.54) is 22.3 Å². The van der Waals surface area contributed by atoms with Crippen LogP contribution in [0.1, 0.15) is 35.2 Å². The van der Waals surface area contributed by atoms with Gasteiger partial charge >= 0.3 is 0 Å². The molecule has 3 nitrogen and oxygen atoms in total. The molecule has 1 amide bonds. The lowest BCUT2D eigenvalue weighted by Gasteiger charge is -2.27. The number of carbonyl (C=O) groups is 1. The smallest absolute Gasteiger partial charge is 0.237 e. The largest absolute Gasteiger partial charge is 0.348 e. The maximum absolute atomic E-state index is 12.5. The lowest BCUT2D eigenvalue weighted by molar-refractivity contribution is -0.124. The highest BCUT2D eigenvalue weighted by molar-refractivity contribution is 5.82. The van der Waals surface area contributed by atoms with Crippen LogP contribution in [-0.4, -0.2) is 11.9 Å². The van der Waals surface area contributed by atoms with Gasteiger partial charge in [-0.25, -0.2) is 0 Å². The second-order valence-electron chi connectivity index (χ2n) is 5.99. The van der Waals surface area contributed by atoms with Crippen LogP contribution in [-0.2, 0) is 17.8 Å². The summed E-state index contributed by atoms with van der Waals surface area (Å²) in [6, 6.07) is 16.4. The second kappa shape index (κ2) is 6.32. The van der Waals surface area contributed by atoms with Crippen LogP contribution < -0.4 is 10.6 Å². The van der Waals surface area contributed by atoms with E-state index in [9.17, 15) is 4.79 Å². The van der Waals surface area contributed by atoms with Crippen molar-refractivity contribution in [2.24, 2.45) is 0 Å². The lowest BCUT2D eigenvalue weighted by atomic mass is 9.95. The molecule has 0 fully saturated rings. The molecule has 0 spiro atoms. The van der Waals surface area contributed by atoms with Gasteiger partial charge in [-0.3, -0.25) is 4.79 Å². The van der Waals surface area contributed by atoms with E-state index in [0.717, 1.165) is 13.0 Å². The third kappa shape index (κ3) is 3.04. The van der Waals surface area contributed by atoms with Crippen LogP contribution in [0.5, 0.6) is 0 Å². The van der Waals surface area contributed by atoms with Gasteiger partial charge in [0.2, 0.25) is 5.91 Å². The van der Waals surface area contributed by atoms with Crippen molar-refractivity contribution >= 4 is 5.91 Å². The average Bonchev–Trinajstić information content (AvgIpc) is 2.54. The Bertz CT molecular complexity index is 681. The summed E-state index contributed by atoms with van der Waals surface area (Å²) in [4.78, 5) is 12.5. The molecule has 1 aliphatic heterocycles. The molecular formula is C19H22N2O. The summed E-state index contributed by atoms with van der Waals surface area (Å²) in [5.41, 5.74) is 4.94. The summed E-state index contributed by atoms with van der Waals surface area (Å²) in [5.74, 6) is 0.0743. The van der Waals surface area contributed by atoms with Gasteiger partial charge in [-0.05, 0) is 42.5 Å². The number of nitrogens with one attached hydrogen (secondary N) is 2. The first-order valence-electron chi connectivity index (χ1n) is 7.81. The average molecular weight is 294 g/mol. The number of aryl methyl sites for hydroxylation is 1. The van der Waals surface area contributed by atoms with Crippen LogP contribution in [0.25, 0.3) is 0 Å². The predicted octanol–water partition coefficient (Wildman–Crippen LogP) is 2.89. The Kier molecular flexibility index (Phi) is 4.25. The van der Waals surface area contributed by atoms with Crippen LogP contribution in [0.3, 0.4) is 0 Å². The summed E-state index contributed by atoms with van der Waals surface area (Å²) in [5, 5.41) is 6.47. The third-order valence-electron chi connectivity index (χ3n) is 4.41. The summed E-state index contributed by atoms with van der Waals surface area (Å²) in [6.45, 7) is 4.87. The van der Waals surface area contributed by atoms with Crippen molar-refractivity contribution in [1.29, 1.82) is 0 Å². The highest BCUT2D eigenvalue weighted by Gasteiger charge is 2.25. The predicted molar refractivity (Wildman–Crippen MR) is 88.5 cm³/mol. The fourth-order valence-corrected chi connectivity index (χ4v) is 3.10. The molecule has 2 unspecified atom stereocenters. The number of hydrogen-bond donors (Lipinski definition) is 2. The molecule has 2 atom stereocenters. The Morgan fingerprint density at radius 1 is 1.14 bits per heavy atom. The molecule has 1 aliphatic rings. The third-order valence-corrected chi connectivity index (χ3v) is 4.41. The summed E-state index contributed by atoms with van der Waals surface area (Å²) < 4.78 is 0. The number of amides is 1. The van der Waals surface area contributed by atoms with Gasteiger partial charge in [-0.15, -0.1) is 0 Å². The Balaban J connectivity index is 1.67. The van der Waals surface area contributed by atoms with Crippen LogP contribution in [0, 0.1) is 6.92 Å². The van der Waals surface area contributed by atoms with Crippen LogP contribution in [0.15, 0.2) is 48.5 Å². The molecule has 0 saturated carbocycles. The van der Waals surface area contributed by atoms with E-state index in [-0.39, 0.29) is 18.0 Å². The van der Waals surface area contributed by atoms with E-state index in [1.54, 1.807) is 0 Å². The van der Waals surface area contributed by atoms with Crippen molar-refractivity contribution in [2.75, 3.05) is 0 Å². The monoisotopic (exact) mass is 294 g/mol. The number of hydrogen-bond acceptors (Lipinski definition) is 2.